The predicted octanol–water partition coefficient (Wildman–Crippen LogP) is 1.34. The summed E-state index contributed by atoms with van der Waals surface area (Å²) in [4.78, 5) is 23.1. The van der Waals surface area contributed by atoms with Gasteiger partial charge in [0.15, 0.2) is 0 Å². The van der Waals surface area contributed by atoms with Gasteiger partial charge in [-0.3, -0.25) is 9.59 Å². The summed E-state index contributed by atoms with van der Waals surface area (Å²) in [6.07, 6.45) is 1.70. The Labute approximate surface area is 109 Å². The molecule has 0 saturated carbocycles. The van der Waals surface area contributed by atoms with Gasteiger partial charge >= 0.3 is 5.97 Å². The second-order valence-electron chi connectivity index (χ2n) is 4.17. The molecule has 19 heavy (non-hydrogen) atoms. The van der Waals surface area contributed by atoms with Gasteiger partial charge in [0.25, 0.3) is 5.91 Å². The Morgan fingerprint density at radius 2 is 2.11 bits per heavy atom. The van der Waals surface area contributed by atoms with Crippen LogP contribution in [-0.2, 0) is 9.59 Å². The van der Waals surface area contributed by atoms with E-state index < -0.39 is 23.6 Å². The molecule has 0 saturated heterocycles. The molecule has 0 aliphatic carbocycles. The quantitative estimate of drug-likeness (QED) is 0.770. The number of carbonyl (C=O) groups excluding carboxylic acids is 1. The van der Waals surface area contributed by atoms with E-state index in [0.29, 0.717) is 13.0 Å². The molecule has 1 atom stereocenters. The van der Waals surface area contributed by atoms with Crippen LogP contribution >= 0.6 is 0 Å². The number of carboxylic acids is 1. The van der Waals surface area contributed by atoms with E-state index in [2.05, 4.69) is 10.6 Å². The van der Waals surface area contributed by atoms with Gasteiger partial charge in [-0.1, -0.05) is 12.1 Å². The van der Waals surface area contributed by atoms with E-state index in [9.17, 15) is 14.0 Å². The summed E-state index contributed by atoms with van der Waals surface area (Å²) >= 11 is 0. The van der Waals surface area contributed by atoms with Crippen LogP contribution in [0.25, 0.3) is 0 Å². The zero-order valence-corrected chi connectivity index (χ0v) is 10.0. The zero-order chi connectivity index (χ0) is 13.8. The molecule has 3 N–H and O–H groups in total. The number of hydrogen-bond acceptors (Lipinski definition) is 3. The Kier molecular flexibility index (Phi) is 3.79. The van der Waals surface area contributed by atoms with Crippen LogP contribution in [0.4, 0.5) is 10.1 Å². The highest BCUT2D eigenvalue weighted by Crippen LogP contribution is 2.21. The number of aliphatic carboxylic acids is 1. The van der Waals surface area contributed by atoms with Gasteiger partial charge in [-0.25, -0.2) is 4.39 Å². The van der Waals surface area contributed by atoms with E-state index in [4.69, 9.17) is 5.11 Å². The van der Waals surface area contributed by atoms with E-state index in [1.165, 1.54) is 24.4 Å². The van der Waals surface area contributed by atoms with Crippen molar-refractivity contribution in [2.24, 2.45) is 5.92 Å². The van der Waals surface area contributed by atoms with E-state index in [-0.39, 0.29) is 11.3 Å². The van der Waals surface area contributed by atoms with Crippen molar-refractivity contribution in [3.8, 4) is 0 Å². The van der Waals surface area contributed by atoms with Crippen LogP contribution < -0.4 is 10.6 Å². The molecule has 1 aromatic rings. The SMILES string of the molecule is O=C(Nc1ccccc1F)C1=CNCC[C@@H]1C(=O)O. The maximum atomic E-state index is 13.4. The molecule has 100 valence electrons. The molecule has 6 heteroatoms. The summed E-state index contributed by atoms with van der Waals surface area (Å²) in [5.41, 5.74) is 0.130. The maximum absolute atomic E-state index is 13.4. The molecule has 0 radical (unpaired) electrons. The maximum Gasteiger partial charge on any atom is 0.311 e. The van der Waals surface area contributed by atoms with Gasteiger partial charge in [0.1, 0.15) is 5.82 Å². The summed E-state index contributed by atoms with van der Waals surface area (Å²) in [7, 11) is 0. The lowest BCUT2D eigenvalue weighted by Gasteiger charge is -2.21. The second kappa shape index (κ2) is 5.51. The number of nitrogens with one attached hydrogen (secondary N) is 2. The van der Waals surface area contributed by atoms with Gasteiger partial charge < -0.3 is 15.7 Å². The first-order valence-electron chi connectivity index (χ1n) is 5.81. The van der Waals surface area contributed by atoms with Crippen molar-refractivity contribution >= 4 is 17.6 Å². The number of anilines is 1. The molecule has 1 aliphatic heterocycles. The lowest BCUT2D eigenvalue weighted by molar-refractivity contribution is -0.141. The average molecular weight is 264 g/mol. The summed E-state index contributed by atoms with van der Waals surface area (Å²) in [5.74, 6) is -3.10. The van der Waals surface area contributed by atoms with Crippen molar-refractivity contribution in [3.63, 3.8) is 0 Å². The Morgan fingerprint density at radius 3 is 2.79 bits per heavy atom. The Morgan fingerprint density at radius 1 is 1.37 bits per heavy atom. The molecule has 1 heterocycles. The minimum Gasteiger partial charge on any atom is -0.481 e. The summed E-state index contributed by atoms with van der Waals surface area (Å²) in [6, 6.07) is 5.73. The highest BCUT2D eigenvalue weighted by molar-refractivity contribution is 6.07. The lowest BCUT2D eigenvalue weighted by atomic mass is 9.93. The average Bonchev–Trinajstić information content (AvgIpc) is 2.41. The molecule has 1 aromatic carbocycles. The van der Waals surface area contributed by atoms with Crippen molar-refractivity contribution < 1.29 is 19.1 Å². The number of amides is 1. The number of rotatable bonds is 3. The fraction of sp³-hybridized carbons (Fsp3) is 0.231. The summed E-state index contributed by atoms with van der Waals surface area (Å²) < 4.78 is 13.4. The third kappa shape index (κ3) is 2.90. The fourth-order valence-electron chi connectivity index (χ4n) is 1.90. The van der Waals surface area contributed by atoms with Crippen molar-refractivity contribution in [2.75, 3.05) is 11.9 Å². The Hall–Kier alpha value is -2.37. The fourth-order valence-corrected chi connectivity index (χ4v) is 1.90. The molecule has 0 unspecified atom stereocenters. The van der Waals surface area contributed by atoms with Gasteiger partial charge in [-0.15, -0.1) is 0 Å². The smallest absolute Gasteiger partial charge is 0.311 e. The number of para-hydroxylation sites is 1. The van der Waals surface area contributed by atoms with Crippen LogP contribution in [0.2, 0.25) is 0 Å². The highest BCUT2D eigenvalue weighted by Gasteiger charge is 2.29. The molecular weight excluding hydrogens is 251 g/mol. The minimum atomic E-state index is -1.06. The predicted molar refractivity (Wildman–Crippen MR) is 66.9 cm³/mol. The molecule has 2 rings (SSSR count). The van der Waals surface area contributed by atoms with Gasteiger partial charge in [0.05, 0.1) is 11.6 Å². The molecule has 0 aromatic heterocycles. The molecular formula is C13H13FN2O3. The van der Waals surface area contributed by atoms with Crippen molar-refractivity contribution in [1.82, 2.24) is 5.32 Å². The standard InChI is InChI=1S/C13H13FN2O3/c14-10-3-1-2-4-11(10)16-12(17)9-7-15-6-5-8(9)13(18)19/h1-4,7-8,15H,5-6H2,(H,16,17)(H,18,19)/t8-/m0/s1. The monoisotopic (exact) mass is 264 g/mol. The van der Waals surface area contributed by atoms with Crippen LogP contribution in [0, 0.1) is 11.7 Å². The number of hydrogen-bond donors (Lipinski definition) is 3. The topological polar surface area (TPSA) is 78.4 Å². The second-order valence-corrected chi connectivity index (χ2v) is 4.17. The molecule has 0 spiro atoms. The van der Waals surface area contributed by atoms with Gasteiger partial charge in [-0.2, -0.15) is 0 Å². The first kappa shape index (κ1) is 13.1. The van der Waals surface area contributed by atoms with Crippen molar-refractivity contribution in [2.45, 2.75) is 6.42 Å². The third-order valence-electron chi connectivity index (χ3n) is 2.89. The van der Waals surface area contributed by atoms with Gasteiger partial charge in [0.2, 0.25) is 0 Å². The number of halogens is 1. The number of carbonyl (C=O) groups is 2. The highest BCUT2D eigenvalue weighted by atomic mass is 19.1. The van der Waals surface area contributed by atoms with Gasteiger partial charge in [-0.05, 0) is 18.6 Å². The molecule has 5 nitrogen and oxygen atoms in total. The van der Waals surface area contributed by atoms with E-state index in [0.717, 1.165) is 0 Å². The third-order valence-corrected chi connectivity index (χ3v) is 2.89. The van der Waals surface area contributed by atoms with E-state index >= 15 is 0 Å². The Balaban J connectivity index is 2.17. The van der Waals surface area contributed by atoms with Crippen LogP contribution in [-0.4, -0.2) is 23.5 Å². The normalized spacial score (nSPS) is 18.2. The number of carboxylic acid groups (broad SMARTS) is 1. The number of benzene rings is 1. The molecule has 1 amide bonds. The molecule has 0 bridgehead atoms. The van der Waals surface area contributed by atoms with Crippen molar-refractivity contribution in [1.29, 1.82) is 0 Å². The van der Waals surface area contributed by atoms with E-state index in [1.807, 2.05) is 0 Å². The van der Waals surface area contributed by atoms with E-state index in [1.54, 1.807) is 6.07 Å². The summed E-state index contributed by atoms with van der Waals surface area (Å²) in [5, 5.41) is 14.3. The largest absolute Gasteiger partial charge is 0.481 e. The molecule has 0 fully saturated rings. The zero-order valence-electron chi connectivity index (χ0n) is 10.0. The Bertz CT molecular complexity index is 542. The first-order chi connectivity index (χ1) is 9.09. The van der Waals surface area contributed by atoms with Crippen LogP contribution in [0.3, 0.4) is 0 Å². The van der Waals surface area contributed by atoms with Gasteiger partial charge in [0, 0.05) is 18.3 Å². The minimum absolute atomic E-state index is 0.0307. The van der Waals surface area contributed by atoms with Crippen LogP contribution in [0.5, 0.6) is 0 Å². The van der Waals surface area contributed by atoms with Crippen molar-refractivity contribution in [3.05, 3.63) is 41.9 Å². The van der Waals surface area contributed by atoms with Crippen LogP contribution in [0.15, 0.2) is 36.0 Å². The summed E-state index contributed by atoms with van der Waals surface area (Å²) in [6.45, 7) is 0.493. The van der Waals surface area contributed by atoms with Crippen LogP contribution in [0.1, 0.15) is 6.42 Å². The lowest BCUT2D eigenvalue weighted by Crippen LogP contribution is -2.33. The first-order valence-corrected chi connectivity index (χ1v) is 5.81. The molecule has 1 aliphatic rings.